The Morgan fingerprint density at radius 3 is 2.80 bits per heavy atom. The lowest BCUT2D eigenvalue weighted by molar-refractivity contribution is 0.134. The highest BCUT2D eigenvalue weighted by Crippen LogP contribution is 2.24. The monoisotopic (exact) mass is 229 g/mol. The molecule has 2 N–H and O–H groups in total. The highest BCUT2D eigenvalue weighted by molar-refractivity contribution is 6.30. The van der Waals surface area contributed by atoms with Crippen molar-refractivity contribution in [1.82, 2.24) is 0 Å². The van der Waals surface area contributed by atoms with Gasteiger partial charge in [-0.15, -0.1) is 0 Å². The first-order valence-electron chi connectivity index (χ1n) is 4.92. The zero-order valence-corrected chi connectivity index (χ0v) is 9.59. The number of benzene rings is 1. The van der Waals surface area contributed by atoms with Gasteiger partial charge in [0.25, 0.3) is 0 Å². The maximum absolute atomic E-state index is 5.91. The van der Waals surface area contributed by atoms with Gasteiger partial charge in [0.2, 0.25) is 0 Å². The minimum Gasteiger partial charge on any atom is -0.496 e. The molecular formula is C11H16ClNO2. The third-order valence-electron chi connectivity index (χ3n) is 2.20. The van der Waals surface area contributed by atoms with Crippen LogP contribution in [0.25, 0.3) is 0 Å². The van der Waals surface area contributed by atoms with Crippen molar-refractivity contribution < 1.29 is 9.57 Å². The van der Waals surface area contributed by atoms with E-state index < -0.39 is 0 Å². The Morgan fingerprint density at radius 2 is 2.13 bits per heavy atom. The van der Waals surface area contributed by atoms with E-state index in [2.05, 4.69) is 4.84 Å². The summed E-state index contributed by atoms with van der Waals surface area (Å²) in [5.74, 6) is 5.82. The molecule has 0 spiro atoms. The van der Waals surface area contributed by atoms with E-state index in [1.165, 1.54) is 0 Å². The molecule has 4 heteroatoms. The molecule has 0 saturated heterocycles. The van der Waals surface area contributed by atoms with E-state index in [9.17, 15) is 0 Å². The van der Waals surface area contributed by atoms with Crippen LogP contribution in [0.3, 0.4) is 0 Å². The number of hydrogen-bond acceptors (Lipinski definition) is 3. The zero-order chi connectivity index (χ0) is 11.1. The highest BCUT2D eigenvalue weighted by atomic mass is 35.5. The highest BCUT2D eigenvalue weighted by Gasteiger charge is 2.03. The molecule has 0 bridgehead atoms. The topological polar surface area (TPSA) is 44.5 Å². The second-order valence-electron chi connectivity index (χ2n) is 3.28. The van der Waals surface area contributed by atoms with Gasteiger partial charge in [0.1, 0.15) is 5.75 Å². The van der Waals surface area contributed by atoms with Crippen molar-refractivity contribution in [3.63, 3.8) is 0 Å². The van der Waals surface area contributed by atoms with E-state index >= 15 is 0 Å². The van der Waals surface area contributed by atoms with Crippen LogP contribution in [-0.4, -0.2) is 13.7 Å². The van der Waals surface area contributed by atoms with E-state index in [4.69, 9.17) is 22.2 Å². The van der Waals surface area contributed by atoms with Crippen molar-refractivity contribution in [3.8, 4) is 5.75 Å². The largest absolute Gasteiger partial charge is 0.496 e. The molecule has 0 aliphatic heterocycles. The molecule has 3 nitrogen and oxygen atoms in total. The fourth-order valence-corrected chi connectivity index (χ4v) is 1.64. The molecule has 15 heavy (non-hydrogen) atoms. The first-order chi connectivity index (χ1) is 7.27. The third kappa shape index (κ3) is 4.08. The number of rotatable bonds is 6. The molecule has 0 aromatic heterocycles. The van der Waals surface area contributed by atoms with Gasteiger partial charge >= 0.3 is 0 Å². The molecule has 1 aromatic carbocycles. The molecule has 0 atom stereocenters. The van der Waals surface area contributed by atoms with Gasteiger partial charge in [-0.05, 0) is 43.0 Å². The average molecular weight is 230 g/mol. The summed E-state index contributed by atoms with van der Waals surface area (Å²) in [5, 5.41) is 0.737. The van der Waals surface area contributed by atoms with E-state index in [0.29, 0.717) is 6.61 Å². The molecule has 0 unspecified atom stereocenters. The van der Waals surface area contributed by atoms with E-state index in [0.717, 1.165) is 35.6 Å². The smallest absolute Gasteiger partial charge is 0.122 e. The Balaban J connectivity index is 2.54. The Bertz CT molecular complexity index is 305. The number of methoxy groups -OCH3 is 1. The Kier molecular flexibility index (Phi) is 5.47. The molecule has 0 aliphatic carbocycles. The summed E-state index contributed by atoms with van der Waals surface area (Å²) in [5.41, 5.74) is 1.13. The molecule has 1 rings (SSSR count). The van der Waals surface area contributed by atoms with Crippen LogP contribution in [0.2, 0.25) is 5.02 Å². The fraction of sp³-hybridized carbons (Fsp3) is 0.455. The lowest BCUT2D eigenvalue weighted by Crippen LogP contribution is -2.01. The second-order valence-corrected chi connectivity index (χ2v) is 3.72. The lowest BCUT2D eigenvalue weighted by Gasteiger charge is -2.08. The van der Waals surface area contributed by atoms with Gasteiger partial charge in [-0.1, -0.05) is 11.6 Å². The van der Waals surface area contributed by atoms with Crippen LogP contribution in [0.1, 0.15) is 18.4 Å². The summed E-state index contributed by atoms with van der Waals surface area (Å²) in [7, 11) is 1.66. The van der Waals surface area contributed by atoms with Crippen molar-refractivity contribution in [2.75, 3.05) is 13.7 Å². The molecule has 0 radical (unpaired) electrons. The van der Waals surface area contributed by atoms with E-state index in [1.54, 1.807) is 7.11 Å². The Morgan fingerprint density at radius 1 is 1.33 bits per heavy atom. The van der Waals surface area contributed by atoms with Gasteiger partial charge in [0.05, 0.1) is 13.7 Å². The average Bonchev–Trinajstić information content (AvgIpc) is 2.25. The lowest BCUT2D eigenvalue weighted by atomic mass is 10.1. The normalized spacial score (nSPS) is 10.3. The number of nitrogens with two attached hydrogens (primary N) is 1. The zero-order valence-electron chi connectivity index (χ0n) is 8.83. The molecule has 0 aliphatic rings. The number of halogens is 1. The van der Waals surface area contributed by atoms with Crippen LogP contribution >= 0.6 is 11.6 Å². The maximum atomic E-state index is 5.91. The van der Waals surface area contributed by atoms with Gasteiger partial charge in [-0.3, -0.25) is 0 Å². The number of ether oxygens (including phenoxy) is 1. The molecular weight excluding hydrogens is 214 g/mol. The van der Waals surface area contributed by atoms with Crippen molar-refractivity contribution >= 4 is 11.6 Å². The molecule has 0 amide bonds. The van der Waals surface area contributed by atoms with Crippen molar-refractivity contribution in [1.29, 1.82) is 0 Å². The maximum Gasteiger partial charge on any atom is 0.122 e. The third-order valence-corrected chi connectivity index (χ3v) is 2.44. The molecule has 0 saturated carbocycles. The van der Waals surface area contributed by atoms with Crippen molar-refractivity contribution in [2.24, 2.45) is 5.90 Å². The summed E-state index contributed by atoms with van der Waals surface area (Å²) in [6, 6.07) is 5.65. The van der Waals surface area contributed by atoms with Gasteiger partial charge in [-0.25, -0.2) is 5.90 Å². The van der Waals surface area contributed by atoms with E-state index in [1.807, 2.05) is 18.2 Å². The number of hydrogen-bond donors (Lipinski definition) is 1. The van der Waals surface area contributed by atoms with Crippen LogP contribution < -0.4 is 10.6 Å². The quantitative estimate of drug-likeness (QED) is 0.602. The molecule has 0 heterocycles. The minimum atomic E-state index is 0.586. The standard InChI is InChI=1S/C11H16ClNO2/c1-14-11-6-5-10(12)8-9(11)4-2-3-7-15-13/h5-6,8H,2-4,7,13H2,1H3. The summed E-state index contributed by atoms with van der Waals surface area (Å²) in [4.78, 5) is 4.50. The summed E-state index contributed by atoms with van der Waals surface area (Å²) < 4.78 is 5.24. The summed E-state index contributed by atoms with van der Waals surface area (Å²) >= 11 is 5.91. The van der Waals surface area contributed by atoms with Crippen molar-refractivity contribution in [2.45, 2.75) is 19.3 Å². The molecule has 84 valence electrons. The summed E-state index contributed by atoms with van der Waals surface area (Å²) in [6.07, 6.45) is 2.87. The Hall–Kier alpha value is -0.770. The molecule has 0 fully saturated rings. The SMILES string of the molecule is COc1ccc(Cl)cc1CCCCON. The summed E-state index contributed by atoms with van der Waals surface area (Å²) in [6.45, 7) is 0.586. The van der Waals surface area contributed by atoms with Crippen LogP contribution in [0.15, 0.2) is 18.2 Å². The van der Waals surface area contributed by atoms with Gasteiger partial charge in [0.15, 0.2) is 0 Å². The second kappa shape index (κ2) is 6.67. The minimum absolute atomic E-state index is 0.586. The number of aryl methyl sites for hydroxylation is 1. The van der Waals surface area contributed by atoms with Crippen molar-refractivity contribution in [3.05, 3.63) is 28.8 Å². The molecule has 1 aromatic rings. The van der Waals surface area contributed by atoms with Crippen LogP contribution in [0.4, 0.5) is 0 Å². The first kappa shape index (κ1) is 12.3. The number of unbranched alkanes of at least 4 members (excludes halogenated alkanes) is 1. The van der Waals surface area contributed by atoms with Crippen LogP contribution in [-0.2, 0) is 11.3 Å². The van der Waals surface area contributed by atoms with Crippen LogP contribution in [0.5, 0.6) is 5.75 Å². The fourth-order valence-electron chi connectivity index (χ4n) is 1.44. The van der Waals surface area contributed by atoms with Crippen LogP contribution in [0, 0.1) is 0 Å². The first-order valence-corrected chi connectivity index (χ1v) is 5.30. The van der Waals surface area contributed by atoms with E-state index in [-0.39, 0.29) is 0 Å². The predicted octanol–water partition coefficient (Wildman–Crippen LogP) is 2.56. The van der Waals surface area contributed by atoms with Gasteiger partial charge < -0.3 is 9.57 Å². The van der Waals surface area contributed by atoms with Gasteiger partial charge in [0, 0.05) is 5.02 Å². The van der Waals surface area contributed by atoms with Gasteiger partial charge in [-0.2, -0.15) is 0 Å². The Labute approximate surface area is 95.1 Å². The predicted molar refractivity (Wildman–Crippen MR) is 61.1 cm³/mol.